The molecule has 3 amide bonds. The van der Waals surface area contributed by atoms with Crippen LogP contribution in [0.3, 0.4) is 0 Å². The number of carbonyl (C=O) groups is 3. The first-order valence-corrected chi connectivity index (χ1v) is 6.78. The Labute approximate surface area is 127 Å². The van der Waals surface area contributed by atoms with Crippen molar-refractivity contribution in [3.8, 4) is 0 Å². The van der Waals surface area contributed by atoms with Crippen molar-refractivity contribution >= 4 is 34.9 Å². The molecular weight excluding hydrogens is 290 g/mol. The van der Waals surface area contributed by atoms with E-state index in [0.717, 1.165) is 16.0 Å². The lowest BCUT2D eigenvalue weighted by Crippen LogP contribution is -2.41. The van der Waals surface area contributed by atoms with Gasteiger partial charge in [-0.15, -0.1) is 0 Å². The van der Waals surface area contributed by atoms with Crippen LogP contribution in [0.1, 0.15) is 17.5 Å². The predicted molar refractivity (Wildman–Crippen MR) is 80.4 cm³/mol. The Morgan fingerprint density at radius 1 is 1.38 bits per heavy atom. The molecule has 1 aliphatic rings. The number of nitrogens with one attached hydrogen (secondary N) is 1. The quantitative estimate of drug-likeness (QED) is 0.590. The Hall–Kier alpha value is -2.28. The minimum atomic E-state index is -0.758. The van der Waals surface area contributed by atoms with E-state index in [2.05, 4.69) is 5.32 Å². The van der Waals surface area contributed by atoms with E-state index in [9.17, 15) is 14.4 Å². The number of imide groups is 1. The number of nitrogens with two attached hydrogens (primary N) is 1. The summed E-state index contributed by atoms with van der Waals surface area (Å²) in [6.45, 7) is 0. The Balaban J connectivity index is 1.94. The van der Waals surface area contributed by atoms with E-state index in [1.807, 2.05) is 0 Å². The van der Waals surface area contributed by atoms with E-state index >= 15 is 0 Å². The molecule has 1 aromatic carbocycles. The number of likely N-dealkylation sites (N-methyl/N-ethyl adjacent to an activating group) is 1. The highest BCUT2D eigenvalue weighted by Crippen LogP contribution is 2.11. The molecule has 0 aliphatic carbocycles. The predicted octanol–water partition coefficient (Wildman–Crippen LogP) is -0.263. The van der Waals surface area contributed by atoms with E-state index in [0.29, 0.717) is 4.99 Å². The molecule has 6 nitrogen and oxygen atoms in total. The summed E-state index contributed by atoms with van der Waals surface area (Å²) < 4.78 is 0. The van der Waals surface area contributed by atoms with Crippen molar-refractivity contribution in [2.75, 3.05) is 7.05 Å². The zero-order valence-electron chi connectivity index (χ0n) is 11.5. The lowest BCUT2D eigenvalue weighted by Gasteiger charge is -2.11. The highest BCUT2D eigenvalue weighted by Gasteiger charge is 2.36. The second-order valence-electron chi connectivity index (χ2n) is 4.85. The Kier molecular flexibility index (Phi) is 4.32. The molecule has 0 spiro atoms. The minimum Gasteiger partial charge on any atom is -0.389 e. The third kappa shape index (κ3) is 3.43. The first kappa shape index (κ1) is 15.1. The molecular formula is C14H15N3O3S. The molecule has 1 unspecified atom stereocenters. The van der Waals surface area contributed by atoms with Crippen molar-refractivity contribution in [3.63, 3.8) is 0 Å². The van der Waals surface area contributed by atoms with Crippen LogP contribution in [0.5, 0.6) is 0 Å². The Morgan fingerprint density at radius 2 is 2.00 bits per heavy atom. The monoisotopic (exact) mass is 305 g/mol. The van der Waals surface area contributed by atoms with Gasteiger partial charge in [0.05, 0.1) is 12.8 Å². The molecule has 1 aliphatic heterocycles. The van der Waals surface area contributed by atoms with Gasteiger partial charge in [0.15, 0.2) is 0 Å². The molecule has 0 radical (unpaired) electrons. The van der Waals surface area contributed by atoms with Gasteiger partial charge < -0.3 is 11.1 Å². The molecule has 7 heteroatoms. The van der Waals surface area contributed by atoms with Crippen molar-refractivity contribution in [2.24, 2.45) is 5.73 Å². The van der Waals surface area contributed by atoms with Crippen LogP contribution in [-0.2, 0) is 20.8 Å². The number of benzene rings is 1. The zero-order valence-corrected chi connectivity index (χ0v) is 12.3. The zero-order chi connectivity index (χ0) is 15.6. The summed E-state index contributed by atoms with van der Waals surface area (Å²) in [5.74, 6) is -0.970. The van der Waals surface area contributed by atoms with Crippen LogP contribution in [0, 0.1) is 0 Å². The maximum atomic E-state index is 11.9. The number of likely N-dealkylation sites (tertiary alicyclic amines) is 1. The smallest absolute Gasteiger partial charge is 0.252 e. The van der Waals surface area contributed by atoms with Crippen molar-refractivity contribution in [1.82, 2.24) is 10.2 Å². The van der Waals surface area contributed by atoms with Crippen LogP contribution in [0.2, 0.25) is 0 Å². The standard InChI is InChI=1S/C14H15N3O3S/c1-17-12(19)7-10(14(17)20)16-11(18)6-8-2-4-9(5-3-8)13(15)21/h2-5,10H,6-7H2,1H3,(H2,15,21)(H,16,18). The highest BCUT2D eigenvalue weighted by atomic mass is 32.1. The molecule has 2 rings (SSSR count). The van der Waals surface area contributed by atoms with E-state index in [1.165, 1.54) is 7.05 Å². The molecule has 0 bridgehead atoms. The molecule has 0 saturated carbocycles. The van der Waals surface area contributed by atoms with E-state index in [4.69, 9.17) is 18.0 Å². The fraction of sp³-hybridized carbons (Fsp3) is 0.286. The summed E-state index contributed by atoms with van der Waals surface area (Å²) in [4.78, 5) is 36.3. The van der Waals surface area contributed by atoms with Crippen LogP contribution in [0.15, 0.2) is 24.3 Å². The average Bonchev–Trinajstić information content (AvgIpc) is 2.67. The summed E-state index contributed by atoms with van der Waals surface area (Å²) >= 11 is 4.85. The fourth-order valence-corrected chi connectivity index (χ4v) is 2.22. The Morgan fingerprint density at radius 3 is 2.48 bits per heavy atom. The van der Waals surface area contributed by atoms with Gasteiger partial charge in [-0.05, 0) is 5.56 Å². The van der Waals surface area contributed by atoms with Crippen LogP contribution in [-0.4, -0.2) is 40.7 Å². The van der Waals surface area contributed by atoms with Gasteiger partial charge in [-0.1, -0.05) is 36.5 Å². The maximum Gasteiger partial charge on any atom is 0.252 e. The molecule has 0 aromatic heterocycles. The summed E-state index contributed by atoms with van der Waals surface area (Å²) in [6, 6.07) is 6.22. The van der Waals surface area contributed by atoms with Crippen molar-refractivity contribution in [3.05, 3.63) is 35.4 Å². The van der Waals surface area contributed by atoms with Crippen LogP contribution < -0.4 is 11.1 Å². The van der Waals surface area contributed by atoms with Crippen LogP contribution in [0.4, 0.5) is 0 Å². The average molecular weight is 305 g/mol. The fourth-order valence-electron chi connectivity index (χ4n) is 2.09. The number of carbonyl (C=O) groups excluding carboxylic acids is 3. The van der Waals surface area contributed by atoms with E-state index in [-0.39, 0.29) is 30.6 Å². The molecule has 3 N–H and O–H groups in total. The topological polar surface area (TPSA) is 92.5 Å². The highest BCUT2D eigenvalue weighted by molar-refractivity contribution is 7.80. The number of thiocarbonyl (C=S) groups is 1. The van der Waals surface area contributed by atoms with Gasteiger partial charge in [0.1, 0.15) is 11.0 Å². The summed E-state index contributed by atoms with van der Waals surface area (Å²) in [5.41, 5.74) is 7.00. The molecule has 1 aromatic rings. The van der Waals surface area contributed by atoms with Gasteiger partial charge in [0, 0.05) is 12.6 Å². The molecule has 1 heterocycles. The number of amides is 3. The second kappa shape index (κ2) is 6.01. The van der Waals surface area contributed by atoms with Crippen molar-refractivity contribution in [1.29, 1.82) is 0 Å². The van der Waals surface area contributed by atoms with Crippen LogP contribution in [0.25, 0.3) is 0 Å². The number of nitrogens with zero attached hydrogens (tertiary/aromatic N) is 1. The van der Waals surface area contributed by atoms with Gasteiger partial charge in [0.25, 0.3) is 5.91 Å². The molecule has 110 valence electrons. The lowest BCUT2D eigenvalue weighted by atomic mass is 10.1. The third-order valence-corrected chi connectivity index (χ3v) is 3.56. The Bertz CT molecular complexity index is 612. The molecule has 21 heavy (non-hydrogen) atoms. The molecule has 1 saturated heterocycles. The summed E-state index contributed by atoms with van der Waals surface area (Å²) in [6.07, 6.45) is 0.140. The minimum absolute atomic E-state index is 0.0153. The first-order chi connectivity index (χ1) is 9.88. The summed E-state index contributed by atoms with van der Waals surface area (Å²) in [7, 11) is 1.41. The number of hydrogen-bond acceptors (Lipinski definition) is 4. The largest absolute Gasteiger partial charge is 0.389 e. The lowest BCUT2D eigenvalue weighted by molar-refractivity contribution is -0.138. The van der Waals surface area contributed by atoms with Gasteiger partial charge in [-0.25, -0.2) is 0 Å². The number of hydrogen-bond donors (Lipinski definition) is 2. The van der Waals surface area contributed by atoms with E-state index in [1.54, 1.807) is 24.3 Å². The SMILES string of the molecule is CN1C(=O)CC(NC(=O)Cc2ccc(C(N)=S)cc2)C1=O. The second-order valence-corrected chi connectivity index (χ2v) is 5.29. The van der Waals surface area contributed by atoms with Crippen LogP contribution >= 0.6 is 12.2 Å². The van der Waals surface area contributed by atoms with Crippen molar-refractivity contribution in [2.45, 2.75) is 18.9 Å². The van der Waals surface area contributed by atoms with Gasteiger partial charge in [-0.3, -0.25) is 19.3 Å². The van der Waals surface area contributed by atoms with Gasteiger partial charge >= 0.3 is 0 Å². The molecule has 1 fully saturated rings. The molecule has 1 atom stereocenters. The van der Waals surface area contributed by atoms with Crippen molar-refractivity contribution < 1.29 is 14.4 Å². The van der Waals surface area contributed by atoms with Gasteiger partial charge in [-0.2, -0.15) is 0 Å². The number of rotatable bonds is 4. The van der Waals surface area contributed by atoms with E-state index < -0.39 is 6.04 Å². The summed E-state index contributed by atoms with van der Waals surface area (Å²) in [5, 5.41) is 2.57. The third-order valence-electron chi connectivity index (χ3n) is 3.32. The van der Waals surface area contributed by atoms with Gasteiger partial charge in [0.2, 0.25) is 11.8 Å². The first-order valence-electron chi connectivity index (χ1n) is 6.37. The normalized spacial score (nSPS) is 18.0. The maximum absolute atomic E-state index is 11.9.